The largest absolute Gasteiger partial charge is 0.481 e. The standard InChI is InChI=1S/C22H42N2O4/c1-2-3-4-5-6-7-8-9-10-11-12-13-14-15-16-17-20(25)24-22(28)19(23)18-21(26)27/h19H,2-18,23H2,1H3,(H,26,27)(H,24,25,28)/t19-/m0/s1. The molecule has 2 amide bonds. The van der Waals surface area contributed by atoms with Crippen molar-refractivity contribution < 1.29 is 19.5 Å². The maximum absolute atomic E-state index is 11.6. The molecular weight excluding hydrogens is 356 g/mol. The van der Waals surface area contributed by atoms with Crippen LogP contribution in [0.4, 0.5) is 0 Å². The van der Waals surface area contributed by atoms with Crippen LogP contribution in [0.2, 0.25) is 0 Å². The van der Waals surface area contributed by atoms with Gasteiger partial charge in [-0.2, -0.15) is 0 Å². The normalized spacial score (nSPS) is 11.9. The van der Waals surface area contributed by atoms with Gasteiger partial charge in [0.2, 0.25) is 11.8 Å². The molecule has 0 aromatic carbocycles. The first kappa shape index (κ1) is 26.6. The summed E-state index contributed by atoms with van der Waals surface area (Å²) in [6.07, 6.45) is 18.7. The summed E-state index contributed by atoms with van der Waals surface area (Å²) >= 11 is 0. The number of carboxylic acid groups (broad SMARTS) is 1. The molecule has 0 rings (SSSR count). The van der Waals surface area contributed by atoms with Gasteiger partial charge in [0, 0.05) is 6.42 Å². The Kier molecular flexibility index (Phi) is 17.9. The van der Waals surface area contributed by atoms with E-state index in [1.807, 2.05) is 0 Å². The lowest BCUT2D eigenvalue weighted by Crippen LogP contribution is -2.44. The van der Waals surface area contributed by atoms with Crippen molar-refractivity contribution >= 4 is 17.8 Å². The van der Waals surface area contributed by atoms with E-state index in [2.05, 4.69) is 12.2 Å². The third-order valence-corrected chi connectivity index (χ3v) is 5.00. The zero-order valence-electron chi connectivity index (χ0n) is 17.8. The van der Waals surface area contributed by atoms with Crippen LogP contribution >= 0.6 is 0 Å². The number of carbonyl (C=O) groups is 3. The summed E-state index contributed by atoms with van der Waals surface area (Å²) in [6, 6.07) is -1.18. The van der Waals surface area contributed by atoms with Crippen LogP contribution in [-0.4, -0.2) is 28.9 Å². The summed E-state index contributed by atoms with van der Waals surface area (Å²) < 4.78 is 0. The second-order valence-electron chi connectivity index (χ2n) is 7.82. The van der Waals surface area contributed by atoms with Crippen molar-refractivity contribution in [3.8, 4) is 0 Å². The molecule has 6 nitrogen and oxygen atoms in total. The van der Waals surface area contributed by atoms with Gasteiger partial charge in [-0.3, -0.25) is 19.7 Å². The van der Waals surface area contributed by atoms with Crippen LogP contribution in [-0.2, 0) is 14.4 Å². The van der Waals surface area contributed by atoms with E-state index in [1.165, 1.54) is 77.0 Å². The van der Waals surface area contributed by atoms with E-state index in [0.29, 0.717) is 0 Å². The molecule has 28 heavy (non-hydrogen) atoms. The quantitative estimate of drug-likeness (QED) is 0.273. The van der Waals surface area contributed by atoms with Gasteiger partial charge in [-0.25, -0.2) is 0 Å². The molecule has 0 aliphatic heterocycles. The molecule has 6 heteroatoms. The molecule has 0 saturated heterocycles. The summed E-state index contributed by atoms with van der Waals surface area (Å²) in [6.45, 7) is 2.25. The van der Waals surface area contributed by atoms with Crippen molar-refractivity contribution in [2.24, 2.45) is 5.73 Å². The Hall–Kier alpha value is -1.43. The molecule has 1 atom stereocenters. The van der Waals surface area contributed by atoms with Crippen LogP contribution in [0.15, 0.2) is 0 Å². The first-order valence-electron chi connectivity index (χ1n) is 11.3. The number of aliphatic carboxylic acids is 1. The number of hydrogen-bond acceptors (Lipinski definition) is 4. The molecule has 0 heterocycles. The van der Waals surface area contributed by atoms with Gasteiger partial charge in [0.1, 0.15) is 0 Å². The number of nitrogens with one attached hydrogen (secondary N) is 1. The van der Waals surface area contributed by atoms with Gasteiger partial charge in [-0.15, -0.1) is 0 Å². The molecule has 0 spiro atoms. The molecule has 0 saturated carbocycles. The molecule has 0 aromatic heterocycles. The molecule has 164 valence electrons. The van der Waals surface area contributed by atoms with Gasteiger partial charge in [0.05, 0.1) is 12.5 Å². The minimum atomic E-state index is -1.18. The van der Waals surface area contributed by atoms with Crippen molar-refractivity contribution in [1.82, 2.24) is 5.32 Å². The molecule has 0 aliphatic carbocycles. The van der Waals surface area contributed by atoms with Crippen molar-refractivity contribution in [3.05, 3.63) is 0 Å². The average Bonchev–Trinajstić information content (AvgIpc) is 2.64. The molecular formula is C22H42N2O4. The molecule has 0 aromatic rings. The Morgan fingerprint density at radius 3 is 1.54 bits per heavy atom. The zero-order valence-corrected chi connectivity index (χ0v) is 17.8. The fourth-order valence-electron chi connectivity index (χ4n) is 3.23. The van der Waals surface area contributed by atoms with Crippen LogP contribution in [0, 0.1) is 0 Å². The smallest absolute Gasteiger partial charge is 0.305 e. The van der Waals surface area contributed by atoms with Crippen LogP contribution in [0.3, 0.4) is 0 Å². The van der Waals surface area contributed by atoms with E-state index in [0.717, 1.165) is 19.3 Å². The highest BCUT2D eigenvalue weighted by Gasteiger charge is 2.18. The number of carboxylic acids is 1. The third kappa shape index (κ3) is 18.0. The third-order valence-electron chi connectivity index (χ3n) is 5.00. The zero-order chi connectivity index (χ0) is 21.0. The Bertz CT molecular complexity index is 427. The van der Waals surface area contributed by atoms with Gasteiger partial charge in [0.15, 0.2) is 0 Å². The van der Waals surface area contributed by atoms with E-state index in [9.17, 15) is 14.4 Å². The molecule has 0 bridgehead atoms. The highest BCUT2D eigenvalue weighted by atomic mass is 16.4. The van der Waals surface area contributed by atoms with E-state index < -0.39 is 24.3 Å². The summed E-state index contributed by atoms with van der Waals surface area (Å²) in [5.74, 6) is -2.24. The lowest BCUT2D eigenvalue weighted by molar-refractivity contribution is -0.140. The van der Waals surface area contributed by atoms with Gasteiger partial charge in [-0.1, -0.05) is 96.8 Å². The number of nitrogens with two attached hydrogens (primary N) is 1. The number of carbonyl (C=O) groups excluding carboxylic acids is 2. The Balaban J connectivity index is 3.35. The lowest BCUT2D eigenvalue weighted by Gasteiger charge is -2.09. The molecule has 0 unspecified atom stereocenters. The van der Waals surface area contributed by atoms with Crippen LogP contribution < -0.4 is 11.1 Å². The summed E-state index contributed by atoms with van der Waals surface area (Å²) in [5.41, 5.74) is 5.41. The minimum absolute atomic E-state index is 0.282. The van der Waals surface area contributed by atoms with Crippen LogP contribution in [0.5, 0.6) is 0 Å². The van der Waals surface area contributed by atoms with Crippen molar-refractivity contribution in [3.63, 3.8) is 0 Å². The van der Waals surface area contributed by atoms with Gasteiger partial charge >= 0.3 is 5.97 Å². The molecule has 0 radical (unpaired) electrons. The first-order chi connectivity index (χ1) is 13.5. The van der Waals surface area contributed by atoms with Crippen molar-refractivity contribution in [1.29, 1.82) is 0 Å². The molecule has 0 aliphatic rings. The highest BCUT2D eigenvalue weighted by Crippen LogP contribution is 2.13. The molecule has 4 N–H and O–H groups in total. The van der Waals surface area contributed by atoms with Crippen molar-refractivity contribution in [2.45, 2.75) is 122 Å². The first-order valence-corrected chi connectivity index (χ1v) is 11.3. The topological polar surface area (TPSA) is 109 Å². The fraction of sp³-hybridized carbons (Fsp3) is 0.864. The predicted octanol–water partition coefficient (Wildman–Crippen LogP) is 4.69. The maximum Gasteiger partial charge on any atom is 0.305 e. The second kappa shape index (κ2) is 18.9. The van der Waals surface area contributed by atoms with E-state index in [4.69, 9.17) is 10.8 Å². The minimum Gasteiger partial charge on any atom is -0.481 e. The van der Waals surface area contributed by atoms with E-state index >= 15 is 0 Å². The fourth-order valence-corrected chi connectivity index (χ4v) is 3.23. The van der Waals surface area contributed by atoms with E-state index in [-0.39, 0.29) is 12.3 Å². The summed E-state index contributed by atoms with van der Waals surface area (Å²) in [7, 11) is 0. The molecule has 0 fully saturated rings. The second-order valence-corrected chi connectivity index (χ2v) is 7.82. The monoisotopic (exact) mass is 398 g/mol. The number of imide groups is 1. The van der Waals surface area contributed by atoms with Gasteiger partial charge in [-0.05, 0) is 6.42 Å². The predicted molar refractivity (Wildman–Crippen MR) is 113 cm³/mol. The number of hydrogen-bond donors (Lipinski definition) is 3. The van der Waals surface area contributed by atoms with Gasteiger partial charge in [0.25, 0.3) is 0 Å². The summed E-state index contributed by atoms with van der Waals surface area (Å²) in [4.78, 5) is 33.7. The highest BCUT2D eigenvalue weighted by molar-refractivity contribution is 5.98. The van der Waals surface area contributed by atoms with E-state index in [1.54, 1.807) is 0 Å². The van der Waals surface area contributed by atoms with Crippen molar-refractivity contribution in [2.75, 3.05) is 0 Å². The number of unbranched alkanes of at least 4 members (excludes halogenated alkanes) is 14. The van der Waals surface area contributed by atoms with Crippen LogP contribution in [0.1, 0.15) is 116 Å². The average molecular weight is 399 g/mol. The lowest BCUT2D eigenvalue weighted by atomic mass is 10.0. The number of amides is 2. The Morgan fingerprint density at radius 2 is 1.14 bits per heavy atom. The summed E-state index contributed by atoms with van der Waals surface area (Å²) in [5, 5.41) is 10.7. The van der Waals surface area contributed by atoms with Crippen LogP contribution in [0.25, 0.3) is 0 Å². The maximum atomic E-state index is 11.6. The Labute approximate surface area is 171 Å². The van der Waals surface area contributed by atoms with Gasteiger partial charge < -0.3 is 10.8 Å². The Morgan fingerprint density at radius 1 is 0.750 bits per heavy atom. The number of rotatable bonds is 19. The SMILES string of the molecule is CCCCCCCCCCCCCCCCCC(=O)NC(=O)[C@@H](N)CC(=O)O.